The molecule has 1 aromatic carbocycles. The van der Waals surface area contributed by atoms with Crippen LogP contribution in [0.15, 0.2) is 24.4 Å². The molecule has 3 rings (SSSR count). The first-order chi connectivity index (χ1) is 12.9. The van der Waals surface area contributed by atoms with Crippen molar-refractivity contribution in [3.8, 4) is 5.75 Å². The molecule has 0 aliphatic carbocycles. The fourth-order valence-electron chi connectivity index (χ4n) is 3.34. The van der Waals surface area contributed by atoms with Crippen LogP contribution in [-0.2, 0) is 0 Å². The third kappa shape index (κ3) is 4.11. The first-order valence-corrected chi connectivity index (χ1v) is 8.96. The van der Waals surface area contributed by atoms with Gasteiger partial charge in [-0.3, -0.25) is 20.2 Å². The number of carbonyl (C=O) groups excluding carboxylic acids is 1. The number of guanidine groups is 1. The van der Waals surface area contributed by atoms with Gasteiger partial charge in [0.15, 0.2) is 0 Å². The average Bonchev–Trinajstić information content (AvgIpc) is 2.66. The topological polar surface area (TPSA) is 108 Å². The number of ether oxygens (including phenoxy) is 1. The summed E-state index contributed by atoms with van der Waals surface area (Å²) < 4.78 is 5.32. The van der Waals surface area contributed by atoms with Crippen LogP contribution >= 0.6 is 0 Å². The Bertz CT molecular complexity index is 859. The molecule has 8 nitrogen and oxygen atoms in total. The SMILES string of the molecule is COc1cc2ncc(C(=O)NC3CCN(C(=N)N(C)N)CC3)cc2cc1C. The molecule has 1 saturated heterocycles. The van der Waals surface area contributed by atoms with E-state index >= 15 is 0 Å². The minimum absolute atomic E-state index is 0.0814. The fraction of sp³-hybridized carbons (Fsp3) is 0.421. The molecule has 27 heavy (non-hydrogen) atoms. The van der Waals surface area contributed by atoms with E-state index in [4.69, 9.17) is 16.0 Å². The summed E-state index contributed by atoms with van der Waals surface area (Å²) in [5.41, 5.74) is 2.35. The van der Waals surface area contributed by atoms with E-state index in [9.17, 15) is 4.79 Å². The van der Waals surface area contributed by atoms with Crippen molar-refractivity contribution in [1.29, 1.82) is 5.41 Å². The Morgan fingerprint density at radius 1 is 1.37 bits per heavy atom. The number of aryl methyl sites for hydroxylation is 1. The summed E-state index contributed by atoms with van der Waals surface area (Å²) in [5, 5.41) is 13.2. The molecule has 1 aromatic heterocycles. The maximum absolute atomic E-state index is 12.6. The summed E-state index contributed by atoms with van der Waals surface area (Å²) in [6, 6.07) is 5.80. The van der Waals surface area contributed by atoms with Gasteiger partial charge in [-0.05, 0) is 37.5 Å². The van der Waals surface area contributed by atoms with Gasteiger partial charge in [-0.1, -0.05) is 0 Å². The van der Waals surface area contributed by atoms with Gasteiger partial charge < -0.3 is 15.0 Å². The first kappa shape index (κ1) is 18.9. The van der Waals surface area contributed by atoms with Crippen molar-refractivity contribution in [2.24, 2.45) is 5.84 Å². The van der Waals surface area contributed by atoms with Crippen LogP contribution < -0.4 is 15.9 Å². The first-order valence-electron chi connectivity index (χ1n) is 8.96. The number of pyridine rings is 1. The van der Waals surface area contributed by atoms with E-state index in [1.165, 1.54) is 5.01 Å². The average molecular weight is 370 g/mol. The molecule has 0 unspecified atom stereocenters. The van der Waals surface area contributed by atoms with Gasteiger partial charge in [-0.2, -0.15) is 0 Å². The molecule has 0 radical (unpaired) electrons. The summed E-state index contributed by atoms with van der Waals surface area (Å²) in [6.07, 6.45) is 3.15. The number of carbonyl (C=O) groups is 1. The largest absolute Gasteiger partial charge is 0.496 e. The lowest BCUT2D eigenvalue weighted by molar-refractivity contribution is 0.0920. The Kier molecular flexibility index (Phi) is 5.46. The highest BCUT2D eigenvalue weighted by Crippen LogP contribution is 2.24. The quantitative estimate of drug-likeness (QED) is 0.327. The van der Waals surface area contributed by atoms with E-state index in [1.807, 2.05) is 30.0 Å². The number of nitrogens with two attached hydrogens (primary N) is 1. The second-order valence-electron chi connectivity index (χ2n) is 6.91. The molecule has 1 amide bonds. The second-order valence-corrected chi connectivity index (χ2v) is 6.91. The monoisotopic (exact) mass is 370 g/mol. The van der Waals surface area contributed by atoms with Gasteiger partial charge in [0, 0.05) is 43.8 Å². The lowest BCUT2D eigenvalue weighted by Crippen LogP contribution is -2.51. The maximum Gasteiger partial charge on any atom is 0.253 e. The number of rotatable bonds is 3. The fourth-order valence-corrected chi connectivity index (χ4v) is 3.34. The van der Waals surface area contributed by atoms with Crippen molar-refractivity contribution in [2.75, 3.05) is 27.2 Å². The van der Waals surface area contributed by atoms with Gasteiger partial charge in [-0.25, -0.2) is 5.84 Å². The highest BCUT2D eigenvalue weighted by Gasteiger charge is 2.23. The highest BCUT2D eigenvalue weighted by atomic mass is 16.5. The number of aromatic nitrogens is 1. The smallest absolute Gasteiger partial charge is 0.253 e. The van der Waals surface area contributed by atoms with Crippen LogP contribution in [0, 0.1) is 12.3 Å². The lowest BCUT2D eigenvalue weighted by atomic mass is 10.0. The number of nitrogens with one attached hydrogen (secondary N) is 2. The Balaban J connectivity index is 1.66. The summed E-state index contributed by atoms with van der Waals surface area (Å²) in [5.74, 6) is 6.57. The van der Waals surface area contributed by atoms with Crippen LogP contribution in [0.5, 0.6) is 5.75 Å². The molecule has 144 valence electrons. The number of fused-ring (bicyclic) bond motifs is 1. The van der Waals surface area contributed by atoms with Crippen LogP contribution in [0.4, 0.5) is 0 Å². The molecule has 0 atom stereocenters. The predicted octanol–water partition coefficient (Wildman–Crippen LogP) is 1.49. The molecule has 2 heterocycles. The number of methoxy groups -OCH3 is 1. The predicted molar refractivity (Wildman–Crippen MR) is 105 cm³/mol. The molecule has 0 bridgehead atoms. The van der Waals surface area contributed by atoms with Gasteiger partial charge in [-0.15, -0.1) is 0 Å². The number of nitrogens with zero attached hydrogens (tertiary/aromatic N) is 3. The van der Waals surface area contributed by atoms with Crippen molar-refractivity contribution in [1.82, 2.24) is 20.2 Å². The Morgan fingerprint density at radius 2 is 2.07 bits per heavy atom. The van der Waals surface area contributed by atoms with Gasteiger partial charge in [0.2, 0.25) is 5.96 Å². The number of likely N-dealkylation sites (tertiary alicyclic amines) is 1. The third-order valence-electron chi connectivity index (χ3n) is 4.92. The van der Waals surface area contributed by atoms with Crippen molar-refractivity contribution >= 4 is 22.8 Å². The third-order valence-corrected chi connectivity index (χ3v) is 4.92. The molecule has 1 fully saturated rings. The van der Waals surface area contributed by atoms with Gasteiger partial charge in [0.1, 0.15) is 5.75 Å². The zero-order chi connectivity index (χ0) is 19.6. The molecular weight excluding hydrogens is 344 g/mol. The molecule has 1 aliphatic rings. The van der Waals surface area contributed by atoms with E-state index in [0.29, 0.717) is 24.6 Å². The van der Waals surface area contributed by atoms with E-state index in [-0.39, 0.29) is 11.9 Å². The number of benzene rings is 1. The Morgan fingerprint density at radius 3 is 2.70 bits per heavy atom. The van der Waals surface area contributed by atoms with Crippen LogP contribution in [0.25, 0.3) is 10.9 Å². The minimum atomic E-state index is -0.123. The number of hydrazine groups is 1. The maximum atomic E-state index is 12.6. The number of piperidine rings is 1. The molecular formula is C19H26N6O2. The lowest BCUT2D eigenvalue weighted by Gasteiger charge is -2.35. The molecule has 0 saturated carbocycles. The summed E-state index contributed by atoms with van der Waals surface area (Å²) in [7, 11) is 3.29. The van der Waals surface area contributed by atoms with Crippen molar-refractivity contribution in [3.05, 3.63) is 35.5 Å². The summed E-state index contributed by atoms with van der Waals surface area (Å²) >= 11 is 0. The Labute approximate surface area is 158 Å². The van der Waals surface area contributed by atoms with Gasteiger partial charge in [0.25, 0.3) is 5.91 Å². The van der Waals surface area contributed by atoms with Crippen molar-refractivity contribution in [2.45, 2.75) is 25.8 Å². The zero-order valence-electron chi connectivity index (χ0n) is 16.0. The molecule has 8 heteroatoms. The zero-order valence-corrected chi connectivity index (χ0v) is 16.0. The second kappa shape index (κ2) is 7.79. The highest BCUT2D eigenvalue weighted by molar-refractivity contribution is 5.97. The van der Waals surface area contributed by atoms with E-state index < -0.39 is 0 Å². The minimum Gasteiger partial charge on any atom is -0.496 e. The number of amides is 1. The van der Waals surface area contributed by atoms with Gasteiger partial charge in [0.05, 0.1) is 18.2 Å². The van der Waals surface area contributed by atoms with Crippen LogP contribution in [0.3, 0.4) is 0 Å². The summed E-state index contributed by atoms with van der Waals surface area (Å²) in [4.78, 5) is 18.9. The van der Waals surface area contributed by atoms with Crippen molar-refractivity contribution < 1.29 is 9.53 Å². The molecule has 4 N–H and O–H groups in total. The van der Waals surface area contributed by atoms with Crippen LogP contribution in [0.1, 0.15) is 28.8 Å². The normalized spacial score (nSPS) is 14.9. The Hall–Kier alpha value is -2.87. The summed E-state index contributed by atoms with van der Waals surface area (Å²) in [6.45, 7) is 3.36. The van der Waals surface area contributed by atoms with Crippen molar-refractivity contribution in [3.63, 3.8) is 0 Å². The molecule has 1 aliphatic heterocycles. The number of hydrogen-bond acceptors (Lipinski definition) is 5. The van der Waals surface area contributed by atoms with Gasteiger partial charge >= 0.3 is 0 Å². The standard InChI is InChI=1S/C19H26N6O2/c1-12-8-13-9-14(11-22-16(13)10-17(12)27-3)18(26)23-15-4-6-25(7-5-15)19(20)24(2)21/h8-11,15,20H,4-7,21H2,1-3H3,(H,23,26). The van der Waals surface area contributed by atoms with Crippen LogP contribution in [0.2, 0.25) is 0 Å². The van der Waals surface area contributed by atoms with Crippen LogP contribution in [-0.4, -0.2) is 60.0 Å². The van der Waals surface area contributed by atoms with E-state index in [0.717, 1.165) is 35.1 Å². The number of hydrogen-bond donors (Lipinski definition) is 3. The van der Waals surface area contributed by atoms with E-state index in [1.54, 1.807) is 20.4 Å². The molecule has 2 aromatic rings. The molecule has 0 spiro atoms. The van der Waals surface area contributed by atoms with E-state index in [2.05, 4.69) is 10.3 Å².